The van der Waals surface area contributed by atoms with Crippen LogP contribution < -0.4 is 21.3 Å². The van der Waals surface area contributed by atoms with E-state index in [1.54, 1.807) is 0 Å². The molecule has 3 amide bonds. The number of hydrogen-bond donors (Lipinski definition) is 4. The Hall–Kier alpha value is -1.79. The van der Waals surface area contributed by atoms with Crippen LogP contribution in [0.2, 0.25) is 0 Å². The summed E-state index contributed by atoms with van der Waals surface area (Å²) in [5.41, 5.74) is 1.02. The number of piperidine rings is 1. The maximum Gasteiger partial charge on any atom is 0.315 e. The third-order valence-corrected chi connectivity index (χ3v) is 4.78. The summed E-state index contributed by atoms with van der Waals surface area (Å²) < 4.78 is 0. The number of carbonyl (C=O) groups is 2. The van der Waals surface area contributed by atoms with E-state index in [1.165, 1.54) is 12.8 Å². The third-order valence-electron chi connectivity index (χ3n) is 4.78. The van der Waals surface area contributed by atoms with Crippen molar-refractivity contribution in [1.82, 2.24) is 21.3 Å². The molecule has 0 bridgehead atoms. The SMILES string of the molecule is CC(C)C(NC(=O)NCc1ccccc1)C(=O)NCCC1CCCNC1.Cl. The van der Waals surface area contributed by atoms with E-state index in [0.29, 0.717) is 19.0 Å². The maximum atomic E-state index is 12.5. The second-order valence-corrected chi connectivity index (χ2v) is 7.33. The molecule has 0 spiro atoms. The summed E-state index contributed by atoms with van der Waals surface area (Å²) >= 11 is 0. The van der Waals surface area contributed by atoms with Gasteiger partial charge in [-0.15, -0.1) is 12.4 Å². The summed E-state index contributed by atoms with van der Waals surface area (Å²) in [7, 11) is 0. The summed E-state index contributed by atoms with van der Waals surface area (Å²) in [5, 5.41) is 12.0. The average molecular weight is 397 g/mol. The Morgan fingerprint density at radius 2 is 1.93 bits per heavy atom. The minimum Gasteiger partial charge on any atom is -0.354 e. The van der Waals surface area contributed by atoms with Crippen molar-refractivity contribution in [3.8, 4) is 0 Å². The van der Waals surface area contributed by atoms with E-state index in [-0.39, 0.29) is 30.3 Å². The molecule has 1 saturated heterocycles. The molecule has 1 aromatic carbocycles. The Labute approximate surface area is 168 Å². The third kappa shape index (κ3) is 8.63. The molecule has 7 heteroatoms. The Bertz CT molecular complexity index is 562. The second-order valence-electron chi connectivity index (χ2n) is 7.33. The monoisotopic (exact) mass is 396 g/mol. The Morgan fingerprint density at radius 3 is 2.56 bits per heavy atom. The molecule has 1 heterocycles. The number of rotatable bonds is 8. The second kappa shape index (κ2) is 12.6. The normalized spacial score (nSPS) is 17.5. The molecule has 6 nitrogen and oxygen atoms in total. The highest BCUT2D eigenvalue weighted by molar-refractivity contribution is 5.87. The number of nitrogens with one attached hydrogen (secondary N) is 4. The van der Waals surface area contributed by atoms with E-state index >= 15 is 0 Å². The fourth-order valence-corrected chi connectivity index (χ4v) is 3.19. The van der Waals surface area contributed by atoms with Gasteiger partial charge < -0.3 is 21.3 Å². The first-order valence-electron chi connectivity index (χ1n) is 9.63. The van der Waals surface area contributed by atoms with Crippen LogP contribution in [-0.4, -0.2) is 37.6 Å². The molecule has 1 aromatic rings. The van der Waals surface area contributed by atoms with Crippen molar-refractivity contribution in [2.45, 2.75) is 45.7 Å². The zero-order chi connectivity index (χ0) is 18.8. The number of halogens is 1. The first-order valence-corrected chi connectivity index (χ1v) is 9.63. The van der Waals surface area contributed by atoms with Crippen molar-refractivity contribution in [2.75, 3.05) is 19.6 Å². The van der Waals surface area contributed by atoms with Gasteiger partial charge in [0.25, 0.3) is 0 Å². The molecule has 1 aliphatic heterocycles. The summed E-state index contributed by atoms with van der Waals surface area (Å²) in [4.78, 5) is 24.6. The largest absolute Gasteiger partial charge is 0.354 e. The zero-order valence-corrected chi connectivity index (χ0v) is 17.1. The van der Waals surface area contributed by atoms with Gasteiger partial charge in [-0.2, -0.15) is 0 Å². The van der Waals surface area contributed by atoms with Gasteiger partial charge in [0.2, 0.25) is 5.91 Å². The van der Waals surface area contributed by atoms with Crippen LogP contribution in [0.3, 0.4) is 0 Å². The van der Waals surface area contributed by atoms with Crippen molar-refractivity contribution < 1.29 is 9.59 Å². The van der Waals surface area contributed by atoms with E-state index in [2.05, 4.69) is 21.3 Å². The van der Waals surface area contributed by atoms with E-state index < -0.39 is 6.04 Å². The van der Waals surface area contributed by atoms with Gasteiger partial charge in [-0.25, -0.2) is 4.79 Å². The fourth-order valence-electron chi connectivity index (χ4n) is 3.19. The lowest BCUT2D eigenvalue weighted by atomic mass is 9.96. The Kier molecular flexibility index (Phi) is 10.8. The van der Waals surface area contributed by atoms with Crippen LogP contribution in [0.1, 0.15) is 38.7 Å². The van der Waals surface area contributed by atoms with Crippen LogP contribution in [0.15, 0.2) is 30.3 Å². The van der Waals surface area contributed by atoms with Gasteiger partial charge >= 0.3 is 6.03 Å². The molecule has 0 radical (unpaired) electrons. The van der Waals surface area contributed by atoms with Crippen molar-refractivity contribution >= 4 is 24.3 Å². The van der Waals surface area contributed by atoms with Gasteiger partial charge in [-0.1, -0.05) is 44.2 Å². The lowest BCUT2D eigenvalue weighted by Gasteiger charge is -2.24. The van der Waals surface area contributed by atoms with Crippen LogP contribution in [-0.2, 0) is 11.3 Å². The van der Waals surface area contributed by atoms with Crippen LogP contribution in [0.4, 0.5) is 4.79 Å². The summed E-state index contributed by atoms with van der Waals surface area (Å²) in [6.07, 6.45) is 3.40. The first-order chi connectivity index (χ1) is 12.6. The lowest BCUT2D eigenvalue weighted by Crippen LogP contribution is -2.52. The highest BCUT2D eigenvalue weighted by Gasteiger charge is 2.24. The van der Waals surface area contributed by atoms with E-state index in [0.717, 1.165) is 25.1 Å². The predicted molar refractivity (Wildman–Crippen MR) is 111 cm³/mol. The number of hydrogen-bond acceptors (Lipinski definition) is 3. The molecule has 152 valence electrons. The molecule has 1 aliphatic rings. The molecular formula is C20H33ClN4O2. The fraction of sp³-hybridized carbons (Fsp3) is 0.600. The van der Waals surface area contributed by atoms with Gasteiger partial charge in [0.15, 0.2) is 0 Å². The first kappa shape index (κ1) is 23.2. The van der Waals surface area contributed by atoms with Gasteiger partial charge in [-0.3, -0.25) is 4.79 Å². The van der Waals surface area contributed by atoms with Crippen molar-refractivity contribution in [3.63, 3.8) is 0 Å². The molecule has 2 atom stereocenters. The van der Waals surface area contributed by atoms with Crippen LogP contribution >= 0.6 is 12.4 Å². The van der Waals surface area contributed by atoms with E-state index in [1.807, 2.05) is 44.2 Å². The molecule has 0 aromatic heterocycles. The standard InChI is InChI=1S/C20H32N4O2.ClH/c1-15(2)18(19(25)22-12-10-17-9-6-11-21-13-17)24-20(26)23-14-16-7-4-3-5-8-16;/h3-5,7-8,15,17-18,21H,6,9-14H2,1-2H3,(H,22,25)(H2,23,24,26);1H. The minimum absolute atomic E-state index is 0. The number of amides is 3. The highest BCUT2D eigenvalue weighted by atomic mass is 35.5. The summed E-state index contributed by atoms with van der Waals surface area (Å²) in [5.74, 6) is 0.538. The Morgan fingerprint density at radius 1 is 1.19 bits per heavy atom. The van der Waals surface area contributed by atoms with E-state index in [9.17, 15) is 9.59 Å². The van der Waals surface area contributed by atoms with Crippen molar-refractivity contribution in [1.29, 1.82) is 0 Å². The number of carbonyl (C=O) groups excluding carboxylic acids is 2. The van der Waals surface area contributed by atoms with Gasteiger partial charge in [0.1, 0.15) is 6.04 Å². The maximum absolute atomic E-state index is 12.5. The average Bonchev–Trinajstić information content (AvgIpc) is 2.65. The zero-order valence-electron chi connectivity index (χ0n) is 16.3. The van der Waals surface area contributed by atoms with Crippen LogP contribution in [0.25, 0.3) is 0 Å². The van der Waals surface area contributed by atoms with Crippen LogP contribution in [0.5, 0.6) is 0 Å². The molecule has 2 rings (SSSR count). The molecule has 27 heavy (non-hydrogen) atoms. The molecule has 1 fully saturated rings. The van der Waals surface area contributed by atoms with Crippen molar-refractivity contribution in [3.05, 3.63) is 35.9 Å². The smallest absolute Gasteiger partial charge is 0.315 e. The van der Waals surface area contributed by atoms with Crippen LogP contribution in [0, 0.1) is 11.8 Å². The lowest BCUT2D eigenvalue weighted by molar-refractivity contribution is -0.123. The predicted octanol–water partition coefficient (Wildman–Crippen LogP) is 2.44. The molecule has 0 aliphatic carbocycles. The quantitative estimate of drug-likeness (QED) is 0.544. The highest BCUT2D eigenvalue weighted by Crippen LogP contribution is 2.13. The summed E-state index contributed by atoms with van der Waals surface area (Å²) in [6, 6.07) is 8.85. The minimum atomic E-state index is -0.532. The molecule has 0 saturated carbocycles. The summed E-state index contributed by atoms with van der Waals surface area (Å²) in [6.45, 7) is 7.10. The number of urea groups is 1. The van der Waals surface area contributed by atoms with E-state index in [4.69, 9.17) is 0 Å². The Balaban J connectivity index is 0.00000364. The van der Waals surface area contributed by atoms with Gasteiger partial charge in [0.05, 0.1) is 0 Å². The number of benzene rings is 1. The van der Waals surface area contributed by atoms with Crippen molar-refractivity contribution in [2.24, 2.45) is 11.8 Å². The molecule has 4 N–H and O–H groups in total. The topological polar surface area (TPSA) is 82.3 Å². The molecule has 2 unspecified atom stereocenters. The van der Waals surface area contributed by atoms with Gasteiger partial charge in [0, 0.05) is 13.1 Å². The van der Waals surface area contributed by atoms with Gasteiger partial charge in [-0.05, 0) is 49.8 Å². The molecular weight excluding hydrogens is 364 g/mol.